The van der Waals surface area contributed by atoms with E-state index in [0.29, 0.717) is 11.7 Å². The van der Waals surface area contributed by atoms with Crippen molar-refractivity contribution in [1.29, 1.82) is 0 Å². The SMILES string of the molecule is O=CC1c2ccc(O)cc2CCC1CN1CCN(c2ccccc2)CC1. The molecular weight excluding hydrogens is 324 g/mol. The minimum atomic E-state index is -0.0495. The molecule has 4 nitrogen and oxygen atoms in total. The van der Waals surface area contributed by atoms with E-state index in [2.05, 4.69) is 40.1 Å². The summed E-state index contributed by atoms with van der Waals surface area (Å²) in [5.74, 6) is 0.614. The van der Waals surface area contributed by atoms with Gasteiger partial charge in [-0.3, -0.25) is 4.90 Å². The molecule has 4 heteroatoms. The second kappa shape index (κ2) is 7.50. The van der Waals surface area contributed by atoms with Crippen LogP contribution in [-0.2, 0) is 11.2 Å². The van der Waals surface area contributed by atoms with E-state index in [9.17, 15) is 9.90 Å². The van der Waals surface area contributed by atoms with E-state index in [0.717, 1.165) is 63.0 Å². The van der Waals surface area contributed by atoms with Crippen molar-refractivity contribution in [2.24, 2.45) is 5.92 Å². The van der Waals surface area contributed by atoms with Crippen LogP contribution in [0.4, 0.5) is 5.69 Å². The maximum Gasteiger partial charge on any atom is 0.127 e. The molecule has 2 aromatic carbocycles. The molecule has 2 unspecified atom stereocenters. The highest BCUT2D eigenvalue weighted by Crippen LogP contribution is 2.37. The highest BCUT2D eigenvalue weighted by Gasteiger charge is 2.31. The maximum atomic E-state index is 11.8. The quantitative estimate of drug-likeness (QED) is 0.861. The lowest BCUT2D eigenvalue weighted by atomic mass is 9.75. The average molecular weight is 350 g/mol. The molecule has 1 aliphatic carbocycles. The Balaban J connectivity index is 1.39. The molecule has 136 valence electrons. The first-order valence-corrected chi connectivity index (χ1v) is 9.54. The van der Waals surface area contributed by atoms with Crippen LogP contribution in [0.15, 0.2) is 48.5 Å². The number of para-hydroxylation sites is 1. The number of piperazine rings is 1. The zero-order valence-electron chi connectivity index (χ0n) is 15.1. The summed E-state index contributed by atoms with van der Waals surface area (Å²) < 4.78 is 0. The van der Waals surface area contributed by atoms with Gasteiger partial charge < -0.3 is 14.8 Å². The van der Waals surface area contributed by atoms with Crippen molar-refractivity contribution in [1.82, 2.24) is 4.90 Å². The van der Waals surface area contributed by atoms with Gasteiger partial charge in [0.05, 0.1) is 0 Å². The van der Waals surface area contributed by atoms with Crippen LogP contribution in [-0.4, -0.2) is 49.0 Å². The van der Waals surface area contributed by atoms with Crippen LogP contribution in [0.25, 0.3) is 0 Å². The van der Waals surface area contributed by atoms with Gasteiger partial charge in [-0.15, -0.1) is 0 Å². The lowest BCUT2D eigenvalue weighted by molar-refractivity contribution is -0.110. The molecule has 2 aliphatic rings. The van der Waals surface area contributed by atoms with E-state index in [-0.39, 0.29) is 5.92 Å². The third-order valence-corrected chi connectivity index (χ3v) is 5.91. The zero-order valence-corrected chi connectivity index (χ0v) is 15.1. The first kappa shape index (κ1) is 17.1. The Hall–Kier alpha value is -2.33. The number of carbonyl (C=O) groups is 1. The van der Waals surface area contributed by atoms with Gasteiger partial charge in [0.2, 0.25) is 0 Å². The summed E-state index contributed by atoms with van der Waals surface area (Å²) in [6.45, 7) is 5.13. The van der Waals surface area contributed by atoms with E-state index in [1.807, 2.05) is 12.1 Å². The van der Waals surface area contributed by atoms with E-state index in [1.54, 1.807) is 6.07 Å². The van der Waals surface area contributed by atoms with Crippen LogP contribution in [0.5, 0.6) is 5.75 Å². The number of fused-ring (bicyclic) bond motifs is 1. The van der Waals surface area contributed by atoms with Gasteiger partial charge in [-0.2, -0.15) is 0 Å². The van der Waals surface area contributed by atoms with Gasteiger partial charge in [0, 0.05) is 44.3 Å². The smallest absolute Gasteiger partial charge is 0.127 e. The Bertz CT molecular complexity index is 754. The number of aldehydes is 1. The van der Waals surface area contributed by atoms with Gasteiger partial charge in [-0.05, 0) is 54.2 Å². The van der Waals surface area contributed by atoms with Crippen molar-refractivity contribution >= 4 is 12.0 Å². The summed E-state index contributed by atoms with van der Waals surface area (Å²) in [6.07, 6.45) is 3.07. The Morgan fingerprint density at radius 1 is 1.04 bits per heavy atom. The van der Waals surface area contributed by atoms with E-state index >= 15 is 0 Å². The second-order valence-corrected chi connectivity index (χ2v) is 7.47. The highest BCUT2D eigenvalue weighted by atomic mass is 16.3. The number of phenols is 1. The van der Waals surface area contributed by atoms with E-state index < -0.39 is 0 Å². The molecule has 0 spiro atoms. The summed E-state index contributed by atoms with van der Waals surface area (Å²) in [5.41, 5.74) is 3.54. The number of hydrogen-bond donors (Lipinski definition) is 1. The molecule has 2 atom stereocenters. The fourth-order valence-corrected chi connectivity index (χ4v) is 4.46. The molecule has 0 radical (unpaired) electrons. The Morgan fingerprint density at radius 2 is 1.81 bits per heavy atom. The third kappa shape index (κ3) is 3.47. The molecule has 26 heavy (non-hydrogen) atoms. The van der Waals surface area contributed by atoms with Crippen molar-refractivity contribution in [3.8, 4) is 5.75 Å². The first-order valence-electron chi connectivity index (χ1n) is 9.54. The number of rotatable bonds is 4. The number of hydrogen-bond acceptors (Lipinski definition) is 4. The molecule has 0 amide bonds. The van der Waals surface area contributed by atoms with Crippen LogP contribution < -0.4 is 4.90 Å². The second-order valence-electron chi connectivity index (χ2n) is 7.47. The number of aromatic hydroxyl groups is 1. The van der Waals surface area contributed by atoms with Crippen molar-refractivity contribution in [3.05, 3.63) is 59.7 Å². The molecule has 1 N–H and O–H groups in total. The van der Waals surface area contributed by atoms with Crippen LogP contribution in [0.2, 0.25) is 0 Å². The predicted molar refractivity (Wildman–Crippen MR) is 104 cm³/mol. The lowest BCUT2D eigenvalue weighted by Gasteiger charge is -2.39. The standard InChI is InChI=1S/C22H26N2O2/c25-16-22-18(7-6-17-14-20(26)8-9-21(17)22)15-23-10-12-24(13-11-23)19-4-2-1-3-5-19/h1-5,8-9,14,16,18,22,26H,6-7,10-13,15H2. The minimum Gasteiger partial charge on any atom is -0.508 e. The molecule has 0 saturated carbocycles. The number of benzene rings is 2. The molecule has 1 fully saturated rings. The lowest BCUT2D eigenvalue weighted by Crippen LogP contribution is -2.48. The fraction of sp³-hybridized carbons (Fsp3) is 0.409. The van der Waals surface area contributed by atoms with Crippen molar-refractivity contribution in [2.75, 3.05) is 37.6 Å². The number of carbonyl (C=O) groups excluding carboxylic acids is 1. The Morgan fingerprint density at radius 3 is 2.54 bits per heavy atom. The summed E-state index contributed by atoms with van der Waals surface area (Å²) in [5, 5.41) is 9.69. The summed E-state index contributed by atoms with van der Waals surface area (Å²) in [6, 6.07) is 16.0. The van der Waals surface area contributed by atoms with Crippen LogP contribution in [0, 0.1) is 5.92 Å². The van der Waals surface area contributed by atoms with Gasteiger partial charge in [0.15, 0.2) is 0 Å². The summed E-state index contributed by atoms with van der Waals surface area (Å²) in [4.78, 5) is 16.8. The highest BCUT2D eigenvalue weighted by molar-refractivity contribution is 5.65. The monoisotopic (exact) mass is 350 g/mol. The largest absolute Gasteiger partial charge is 0.508 e. The number of anilines is 1. The Labute approximate surface area is 155 Å². The van der Waals surface area contributed by atoms with E-state index in [1.165, 1.54) is 5.69 Å². The van der Waals surface area contributed by atoms with Crippen molar-refractivity contribution in [2.45, 2.75) is 18.8 Å². The number of aryl methyl sites for hydroxylation is 1. The van der Waals surface area contributed by atoms with Gasteiger partial charge in [-0.25, -0.2) is 0 Å². The molecule has 1 aliphatic heterocycles. The summed E-state index contributed by atoms with van der Waals surface area (Å²) >= 11 is 0. The van der Waals surface area contributed by atoms with Gasteiger partial charge in [-0.1, -0.05) is 24.3 Å². The van der Waals surface area contributed by atoms with Crippen LogP contribution >= 0.6 is 0 Å². The Kier molecular flexibility index (Phi) is 4.93. The van der Waals surface area contributed by atoms with Crippen molar-refractivity contribution in [3.63, 3.8) is 0 Å². The third-order valence-electron chi connectivity index (χ3n) is 5.91. The molecule has 1 heterocycles. The zero-order chi connectivity index (χ0) is 17.9. The molecule has 0 bridgehead atoms. The molecular formula is C22H26N2O2. The molecule has 0 aromatic heterocycles. The fourth-order valence-electron chi connectivity index (χ4n) is 4.46. The van der Waals surface area contributed by atoms with E-state index in [4.69, 9.17) is 0 Å². The van der Waals surface area contributed by atoms with Crippen LogP contribution in [0.3, 0.4) is 0 Å². The van der Waals surface area contributed by atoms with Crippen LogP contribution in [0.1, 0.15) is 23.5 Å². The average Bonchev–Trinajstić information content (AvgIpc) is 2.69. The molecule has 1 saturated heterocycles. The summed E-state index contributed by atoms with van der Waals surface area (Å²) in [7, 11) is 0. The van der Waals surface area contributed by atoms with Gasteiger partial charge >= 0.3 is 0 Å². The maximum absolute atomic E-state index is 11.8. The first-order chi connectivity index (χ1) is 12.7. The van der Waals surface area contributed by atoms with Crippen molar-refractivity contribution < 1.29 is 9.90 Å². The van der Waals surface area contributed by atoms with Gasteiger partial charge in [0.1, 0.15) is 12.0 Å². The normalized spacial score (nSPS) is 23.5. The molecule has 2 aromatic rings. The minimum absolute atomic E-state index is 0.0495. The number of nitrogens with zero attached hydrogens (tertiary/aromatic N) is 2. The number of phenolic OH excluding ortho intramolecular Hbond substituents is 1. The molecule has 4 rings (SSSR count). The van der Waals surface area contributed by atoms with Gasteiger partial charge in [0.25, 0.3) is 0 Å². The topological polar surface area (TPSA) is 43.8 Å². The predicted octanol–water partition coefficient (Wildman–Crippen LogP) is 3.06.